The maximum atomic E-state index is 11.7. The fraction of sp³-hybridized carbons (Fsp3) is 0.588. The molecule has 3 nitrogen and oxygen atoms in total. The van der Waals surface area contributed by atoms with E-state index >= 15 is 0 Å². The van der Waals surface area contributed by atoms with E-state index in [2.05, 4.69) is 50.5 Å². The molecule has 1 rings (SSSR count). The van der Waals surface area contributed by atoms with Crippen molar-refractivity contribution >= 4 is 5.91 Å². The predicted octanol–water partition coefficient (Wildman–Crippen LogP) is 3.28. The molecule has 1 amide bonds. The number of hydrogen-bond donors (Lipinski definition) is 2. The molecule has 1 unspecified atom stereocenters. The van der Waals surface area contributed by atoms with Crippen LogP contribution in [0, 0.1) is 5.41 Å². The van der Waals surface area contributed by atoms with Gasteiger partial charge in [-0.15, -0.1) is 0 Å². The van der Waals surface area contributed by atoms with Crippen LogP contribution in [0.1, 0.15) is 52.1 Å². The monoisotopic (exact) mass is 276 g/mol. The molecule has 0 aliphatic carbocycles. The van der Waals surface area contributed by atoms with Gasteiger partial charge in [0.1, 0.15) is 0 Å². The Morgan fingerprint density at radius 3 is 2.40 bits per heavy atom. The van der Waals surface area contributed by atoms with E-state index in [4.69, 9.17) is 0 Å². The van der Waals surface area contributed by atoms with Crippen LogP contribution >= 0.6 is 0 Å². The average molecular weight is 276 g/mol. The Balaban J connectivity index is 2.62. The van der Waals surface area contributed by atoms with Crippen LogP contribution in [0.25, 0.3) is 0 Å². The molecule has 2 N–H and O–H groups in total. The Bertz CT molecular complexity index is 395. The Morgan fingerprint density at radius 1 is 1.20 bits per heavy atom. The van der Waals surface area contributed by atoms with Crippen LogP contribution in [0.3, 0.4) is 0 Å². The SMILES string of the molecule is CCCNC(=O)CNC(CC(C)(C)C)c1ccccc1. The normalized spacial score (nSPS) is 13.0. The van der Waals surface area contributed by atoms with Gasteiger partial charge in [0.25, 0.3) is 0 Å². The van der Waals surface area contributed by atoms with Crippen molar-refractivity contribution in [3.05, 3.63) is 35.9 Å². The molecule has 20 heavy (non-hydrogen) atoms. The maximum Gasteiger partial charge on any atom is 0.233 e. The lowest BCUT2D eigenvalue weighted by Gasteiger charge is -2.27. The van der Waals surface area contributed by atoms with Crippen molar-refractivity contribution in [2.24, 2.45) is 5.41 Å². The maximum absolute atomic E-state index is 11.7. The molecular formula is C17H28N2O. The standard InChI is InChI=1S/C17H28N2O/c1-5-11-18-16(20)13-19-15(12-17(2,3)4)14-9-7-6-8-10-14/h6-10,15,19H,5,11-13H2,1-4H3,(H,18,20). The van der Waals surface area contributed by atoms with E-state index in [1.807, 2.05) is 18.2 Å². The summed E-state index contributed by atoms with van der Waals surface area (Å²) in [5.41, 5.74) is 1.46. The fourth-order valence-electron chi connectivity index (χ4n) is 2.15. The number of carbonyl (C=O) groups excluding carboxylic acids is 1. The van der Waals surface area contributed by atoms with Crippen LogP contribution in [0.4, 0.5) is 0 Å². The van der Waals surface area contributed by atoms with Gasteiger partial charge in [-0.25, -0.2) is 0 Å². The molecule has 0 aromatic heterocycles. The number of rotatable bonds is 7. The van der Waals surface area contributed by atoms with E-state index in [-0.39, 0.29) is 17.4 Å². The lowest BCUT2D eigenvalue weighted by Crippen LogP contribution is -2.37. The van der Waals surface area contributed by atoms with Gasteiger partial charge in [-0.1, -0.05) is 58.0 Å². The summed E-state index contributed by atoms with van der Waals surface area (Å²) in [5, 5.41) is 6.29. The van der Waals surface area contributed by atoms with Gasteiger partial charge < -0.3 is 10.6 Å². The molecule has 0 aliphatic heterocycles. The van der Waals surface area contributed by atoms with Gasteiger partial charge in [-0.3, -0.25) is 4.79 Å². The summed E-state index contributed by atoms with van der Waals surface area (Å²) >= 11 is 0. The quantitative estimate of drug-likeness (QED) is 0.802. The first-order valence-corrected chi connectivity index (χ1v) is 7.47. The van der Waals surface area contributed by atoms with Crippen molar-refractivity contribution in [1.82, 2.24) is 10.6 Å². The molecule has 0 radical (unpaired) electrons. The Morgan fingerprint density at radius 2 is 1.85 bits per heavy atom. The number of nitrogens with one attached hydrogen (secondary N) is 2. The zero-order valence-corrected chi connectivity index (χ0v) is 13.2. The zero-order chi connectivity index (χ0) is 15.0. The molecule has 0 fully saturated rings. The van der Waals surface area contributed by atoms with Gasteiger partial charge >= 0.3 is 0 Å². The van der Waals surface area contributed by atoms with Crippen LogP contribution in [0.15, 0.2) is 30.3 Å². The second-order valence-corrected chi connectivity index (χ2v) is 6.46. The van der Waals surface area contributed by atoms with Crippen molar-refractivity contribution in [3.8, 4) is 0 Å². The van der Waals surface area contributed by atoms with Crippen LogP contribution < -0.4 is 10.6 Å². The highest BCUT2D eigenvalue weighted by molar-refractivity contribution is 5.77. The molecule has 0 spiro atoms. The van der Waals surface area contributed by atoms with Crippen LogP contribution in [-0.4, -0.2) is 19.0 Å². The Labute approximate surface area is 123 Å². The second-order valence-electron chi connectivity index (χ2n) is 6.46. The minimum Gasteiger partial charge on any atom is -0.355 e. The van der Waals surface area contributed by atoms with Gasteiger partial charge in [-0.2, -0.15) is 0 Å². The largest absolute Gasteiger partial charge is 0.355 e. The fourth-order valence-corrected chi connectivity index (χ4v) is 2.15. The highest BCUT2D eigenvalue weighted by Gasteiger charge is 2.20. The van der Waals surface area contributed by atoms with Crippen molar-refractivity contribution in [2.75, 3.05) is 13.1 Å². The van der Waals surface area contributed by atoms with E-state index in [0.717, 1.165) is 19.4 Å². The van der Waals surface area contributed by atoms with E-state index in [0.29, 0.717) is 6.54 Å². The van der Waals surface area contributed by atoms with Crippen molar-refractivity contribution in [2.45, 2.75) is 46.6 Å². The third-order valence-corrected chi connectivity index (χ3v) is 3.10. The van der Waals surface area contributed by atoms with Gasteiger partial charge in [0.2, 0.25) is 5.91 Å². The van der Waals surface area contributed by atoms with Crippen molar-refractivity contribution < 1.29 is 4.79 Å². The molecule has 0 aliphatic rings. The number of benzene rings is 1. The highest BCUT2D eigenvalue weighted by atomic mass is 16.1. The van der Waals surface area contributed by atoms with E-state index in [1.165, 1.54) is 5.56 Å². The predicted molar refractivity (Wildman–Crippen MR) is 84.6 cm³/mol. The Hall–Kier alpha value is -1.35. The molecule has 1 aromatic rings. The van der Waals surface area contributed by atoms with Crippen molar-refractivity contribution in [3.63, 3.8) is 0 Å². The first-order valence-electron chi connectivity index (χ1n) is 7.47. The van der Waals surface area contributed by atoms with Crippen molar-refractivity contribution in [1.29, 1.82) is 0 Å². The molecule has 112 valence electrons. The molecule has 0 saturated heterocycles. The Kier molecular flexibility index (Phi) is 6.73. The summed E-state index contributed by atoms with van der Waals surface area (Å²) in [7, 11) is 0. The smallest absolute Gasteiger partial charge is 0.233 e. The van der Waals surface area contributed by atoms with E-state index in [1.54, 1.807) is 0 Å². The second kappa shape index (κ2) is 8.05. The number of hydrogen-bond acceptors (Lipinski definition) is 2. The van der Waals surface area contributed by atoms with E-state index in [9.17, 15) is 4.79 Å². The highest BCUT2D eigenvalue weighted by Crippen LogP contribution is 2.29. The first kappa shape index (κ1) is 16.7. The molecular weight excluding hydrogens is 248 g/mol. The minimum absolute atomic E-state index is 0.0710. The summed E-state index contributed by atoms with van der Waals surface area (Å²) in [4.78, 5) is 11.7. The summed E-state index contributed by atoms with van der Waals surface area (Å²) in [5.74, 6) is 0.0710. The summed E-state index contributed by atoms with van der Waals surface area (Å²) < 4.78 is 0. The third kappa shape index (κ3) is 6.71. The first-order chi connectivity index (χ1) is 9.42. The van der Waals surface area contributed by atoms with E-state index < -0.39 is 0 Å². The summed E-state index contributed by atoms with van der Waals surface area (Å²) in [6.45, 7) is 9.84. The van der Waals surface area contributed by atoms with Gasteiger partial charge in [-0.05, 0) is 23.8 Å². The molecule has 3 heteroatoms. The topological polar surface area (TPSA) is 41.1 Å². The van der Waals surface area contributed by atoms with Gasteiger partial charge in [0, 0.05) is 12.6 Å². The molecule has 1 aromatic carbocycles. The van der Waals surface area contributed by atoms with Crippen LogP contribution in [-0.2, 0) is 4.79 Å². The van der Waals surface area contributed by atoms with Gasteiger partial charge in [0.15, 0.2) is 0 Å². The number of amides is 1. The lowest BCUT2D eigenvalue weighted by molar-refractivity contribution is -0.120. The zero-order valence-electron chi connectivity index (χ0n) is 13.2. The average Bonchev–Trinajstić information content (AvgIpc) is 2.41. The molecule has 0 heterocycles. The molecule has 0 saturated carbocycles. The summed E-state index contributed by atoms with van der Waals surface area (Å²) in [6.07, 6.45) is 1.97. The van der Waals surface area contributed by atoms with Gasteiger partial charge in [0.05, 0.1) is 6.54 Å². The minimum atomic E-state index is 0.0710. The van der Waals surface area contributed by atoms with Crippen LogP contribution in [0.5, 0.6) is 0 Å². The number of carbonyl (C=O) groups is 1. The molecule has 1 atom stereocenters. The third-order valence-electron chi connectivity index (χ3n) is 3.10. The lowest BCUT2D eigenvalue weighted by atomic mass is 9.85. The molecule has 0 bridgehead atoms. The summed E-state index contributed by atoms with van der Waals surface area (Å²) in [6, 6.07) is 10.6. The van der Waals surface area contributed by atoms with Crippen LogP contribution in [0.2, 0.25) is 0 Å².